The van der Waals surface area contributed by atoms with Crippen molar-refractivity contribution in [3.8, 4) is 22.8 Å². The maximum atomic E-state index is 6.09. The fourth-order valence-electron chi connectivity index (χ4n) is 3.59. The van der Waals surface area contributed by atoms with Gasteiger partial charge in [0, 0.05) is 37.4 Å². The summed E-state index contributed by atoms with van der Waals surface area (Å²) in [6.45, 7) is 4.16. The molecule has 4 aromatic rings. The molecule has 0 bridgehead atoms. The SMILES string of the molecule is CN1CCN(c2cccc(-c3cnc(N)c(-c4nc5ccccc5o4)n3)c2)CC1. The first kappa shape index (κ1) is 17.6. The van der Waals surface area contributed by atoms with E-state index in [1.165, 1.54) is 5.69 Å². The standard InChI is InChI=1S/C22H22N6O/c1-27-9-11-28(12-10-27)16-6-4-5-15(13-16)18-14-24-21(23)20(25-18)22-26-17-7-2-3-8-19(17)29-22/h2-8,13-14H,9-12H2,1H3,(H2,23,24). The van der Waals surface area contributed by atoms with Crippen molar-refractivity contribution >= 4 is 22.6 Å². The predicted octanol–water partition coefficient (Wildman–Crippen LogP) is 3.29. The number of piperazine rings is 1. The van der Waals surface area contributed by atoms with Crippen LogP contribution in [0.2, 0.25) is 0 Å². The van der Waals surface area contributed by atoms with Crippen molar-refractivity contribution in [2.24, 2.45) is 0 Å². The van der Waals surface area contributed by atoms with E-state index in [9.17, 15) is 0 Å². The highest BCUT2D eigenvalue weighted by Crippen LogP contribution is 2.29. The van der Waals surface area contributed by atoms with Crippen LogP contribution in [-0.2, 0) is 0 Å². The Kier molecular flexibility index (Phi) is 4.37. The number of oxazole rings is 1. The fraction of sp³-hybridized carbons (Fsp3) is 0.227. The molecule has 1 fully saturated rings. The van der Waals surface area contributed by atoms with Gasteiger partial charge >= 0.3 is 0 Å². The molecule has 0 spiro atoms. The van der Waals surface area contributed by atoms with E-state index in [4.69, 9.17) is 15.1 Å². The van der Waals surface area contributed by atoms with Crippen LogP contribution < -0.4 is 10.6 Å². The van der Waals surface area contributed by atoms with Crippen LogP contribution in [0.15, 0.2) is 59.1 Å². The third-order valence-electron chi connectivity index (χ3n) is 5.31. The molecule has 0 amide bonds. The molecule has 1 aliphatic heterocycles. The Morgan fingerprint density at radius 1 is 0.966 bits per heavy atom. The van der Waals surface area contributed by atoms with Gasteiger partial charge in [-0.05, 0) is 31.3 Å². The molecule has 1 aliphatic rings. The van der Waals surface area contributed by atoms with Gasteiger partial charge in [-0.25, -0.2) is 15.0 Å². The van der Waals surface area contributed by atoms with Gasteiger partial charge in [0.05, 0.1) is 11.9 Å². The highest BCUT2D eigenvalue weighted by atomic mass is 16.3. The Balaban J connectivity index is 1.51. The molecular formula is C22H22N6O. The Morgan fingerprint density at radius 2 is 1.79 bits per heavy atom. The highest BCUT2D eigenvalue weighted by molar-refractivity contribution is 5.78. The van der Waals surface area contributed by atoms with E-state index in [1.54, 1.807) is 6.20 Å². The number of fused-ring (bicyclic) bond motifs is 1. The molecule has 2 aromatic heterocycles. The van der Waals surface area contributed by atoms with Gasteiger partial charge in [-0.15, -0.1) is 0 Å². The third kappa shape index (κ3) is 3.40. The van der Waals surface area contributed by atoms with Gasteiger partial charge in [0.2, 0.25) is 5.89 Å². The number of aromatic nitrogens is 3. The number of para-hydroxylation sites is 2. The molecule has 0 saturated carbocycles. The van der Waals surface area contributed by atoms with Gasteiger partial charge < -0.3 is 20.0 Å². The molecule has 146 valence electrons. The normalized spacial score (nSPS) is 15.1. The Labute approximate surface area is 168 Å². The zero-order valence-electron chi connectivity index (χ0n) is 16.2. The number of hydrogen-bond donors (Lipinski definition) is 1. The number of likely N-dealkylation sites (N-methyl/N-ethyl adjacent to an activating group) is 1. The van der Waals surface area contributed by atoms with Crippen LogP contribution >= 0.6 is 0 Å². The number of nitrogens with zero attached hydrogens (tertiary/aromatic N) is 5. The van der Waals surface area contributed by atoms with Crippen LogP contribution in [0.25, 0.3) is 33.9 Å². The topological polar surface area (TPSA) is 84.3 Å². The molecule has 2 N–H and O–H groups in total. The number of rotatable bonds is 3. The second-order valence-corrected chi connectivity index (χ2v) is 7.32. The first-order valence-electron chi connectivity index (χ1n) is 9.70. The minimum Gasteiger partial charge on any atom is -0.435 e. The van der Waals surface area contributed by atoms with Crippen molar-refractivity contribution in [2.45, 2.75) is 0 Å². The van der Waals surface area contributed by atoms with Gasteiger partial charge in [-0.2, -0.15) is 0 Å². The van der Waals surface area contributed by atoms with E-state index in [0.717, 1.165) is 43.0 Å². The predicted molar refractivity (Wildman–Crippen MR) is 115 cm³/mol. The first-order chi connectivity index (χ1) is 14.2. The lowest BCUT2D eigenvalue weighted by molar-refractivity contribution is 0.313. The molecule has 0 unspecified atom stereocenters. The Bertz CT molecular complexity index is 1130. The first-order valence-corrected chi connectivity index (χ1v) is 9.70. The van der Waals surface area contributed by atoms with Crippen LogP contribution in [0.3, 0.4) is 0 Å². The number of nitrogen functional groups attached to an aromatic ring is 1. The Morgan fingerprint density at radius 3 is 2.62 bits per heavy atom. The van der Waals surface area contributed by atoms with E-state index in [1.807, 2.05) is 30.3 Å². The monoisotopic (exact) mass is 386 g/mol. The highest BCUT2D eigenvalue weighted by Gasteiger charge is 2.17. The van der Waals surface area contributed by atoms with Gasteiger partial charge in [0.1, 0.15) is 5.52 Å². The number of nitrogens with two attached hydrogens (primary N) is 1. The van der Waals surface area contributed by atoms with Crippen molar-refractivity contribution in [2.75, 3.05) is 43.9 Å². The van der Waals surface area contributed by atoms with Gasteiger partial charge in [0.25, 0.3) is 0 Å². The fourth-order valence-corrected chi connectivity index (χ4v) is 3.59. The molecule has 0 atom stereocenters. The summed E-state index contributed by atoms with van der Waals surface area (Å²) in [5, 5.41) is 0. The van der Waals surface area contributed by atoms with E-state index in [-0.39, 0.29) is 0 Å². The summed E-state index contributed by atoms with van der Waals surface area (Å²) in [6, 6.07) is 16.0. The van der Waals surface area contributed by atoms with Crippen molar-refractivity contribution < 1.29 is 4.42 Å². The van der Waals surface area contributed by atoms with Crippen LogP contribution in [0.1, 0.15) is 0 Å². The third-order valence-corrected chi connectivity index (χ3v) is 5.31. The van der Waals surface area contributed by atoms with Crippen LogP contribution in [0.4, 0.5) is 11.5 Å². The van der Waals surface area contributed by atoms with E-state index in [0.29, 0.717) is 23.0 Å². The summed E-state index contributed by atoms with van der Waals surface area (Å²) in [4.78, 5) is 18.3. The Hall–Kier alpha value is -3.45. The minimum absolute atomic E-state index is 0.301. The summed E-state index contributed by atoms with van der Waals surface area (Å²) in [5.74, 6) is 0.684. The average molecular weight is 386 g/mol. The van der Waals surface area contributed by atoms with E-state index in [2.05, 4.69) is 45.0 Å². The lowest BCUT2D eigenvalue weighted by Gasteiger charge is -2.34. The summed E-state index contributed by atoms with van der Waals surface area (Å²) in [5.41, 5.74) is 11.0. The van der Waals surface area contributed by atoms with Gasteiger partial charge in [-0.3, -0.25) is 0 Å². The largest absolute Gasteiger partial charge is 0.435 e. The molecule has 7 heteroatoms. The van der Waals surface area contributed by atoms with Crippen molar-refractivity contribution in [3.05, 3.63) is 54.7 Å². The maximum absolute atomic E-state index is 6.09. The average Bonchev–Trinajstić information content (AvgIpc) is 3.19. The van der Waals surface area contributed by atoms with Gasteiger partial charge in [-0.1, -0.05) is 24.3 Å². The molecule has 2 aromatic carbocycles. The minimum atomic E-state index is 0.301. The second-order valence-electron chi connectivity index (χ2n) is 7.32. The second kappa shape index (κ2) is 7.18. The van der Waals surface area contributed by atoms with Gasteiger partial charge in [0.15, 0.2) is 17.1 Å². The summed E-state index contributed by atoms with van der Waals surface area (Å²) >= 11 is 0. The lowest BCUT2D eigenvalue weighted by atomic mass is 10.1. The number of hydrogen-bond acceptors (Lipinski definition) is 7. The smallest absolute Gasteiger partial charge is 0.250 e. The maximum Gasteiger partial charge on any atom is 0.250 e. The quantitative estimate of drug-likeness (QED) is 0.578. The summed E-state index contributed by atoms with van der Waals surface area (Å²) in [7, 11) is 2.16. The molecule has 0 aliphatic carbocycles. The van der Waals surface area contributed by atoms with Crippen molar-refractivity contribution in [3.63, 3.8) is 0 Å². The summed E-state index contributed by atoms with van der Waals surface area (Å²) in [6.07, 6.45) is 1.70. The number of benzene rings is 2. The molecule has 0 radical (unpaired) electrons. The van der Waals surface area contributed by atoms with Crippen LogP contribution in [-0.4, -0.2) is 53.1 Å². The van der Waals surface area contributed by atoms with Crippen molar-refractivity contribution in [1.29, 1.82) is 0 Å². The zero-order valence-corrected chi connectivity index (χ0v) is 16.2. The molecule has 3 heterocycles. The zero-order chi connectivity index (χ0) is 19.8. The van der Waals surface area contributed by atoms with Crippen LogP contribution in [0, 0.1) is 0 Å². The van der Waals surface area contributed by atoms with Crippen molar-refractivity contribution in [1.82, 2.24) is 19.9 Å². The number of anilines is 2. The molecule has 29 heavy (non-hydrogen) atoms. The molecule has 5 rings (SSSR count). The van der Waals surface area contributed by atoms with E-state index < -0.39 is 0 Å². The molecule has 1 saturated heterocycles. The van der Waals surface area contributed by atoms with Crippen LogP contribution in [0.5, 0.6) is 0 Å². The van der Waals surface area contributed by atoms with E-state index >= 15 is 0 Å². The lowest BCUT2D eigenvalue weighted by Crippen LogP contribution is -2.44. The molecule has 7 nitrogen and oxygen atoms in total. The molecular weight excluding hydrogens is 364 g/mol. The summed E-state index contributed by atoms with van der Waals surface area (Å²) < 4.78 is 5.85.